The summed E-state index contributed by atoms with van der Waals surface area (Å²) < 4.78 is 72.1. The molecule has 0 rings (SSSR count). The Hall–Kier alpha value is 0.1000. The smallest absolute Gasteiger partial charge is 0.405 e. The molecule has 1 N–H and O–H groups in total. The number of carbonyl (C=O) groups is 3. The first kappa shape index (κ1) is 30.1. The van der Waals surface area contributed by atoms with Crippen LogP contribution < -0.4 is 0 Å². The van der Waals surface area contributed by atoms with Crippen molar-refractivity contribution in [2.75, 3.05) is 23.9 Å². The van der Waals surface area contributed by atoms with Crippen LogP contribution in [-0.4, -0.2) is 75.8 Å². The summed E-state index contributed by atoms with van der Waals surface area (Å²) in [5.41, 5.74) is -1.97. The highest BCUT2D eigenvalue weighted by atomic mass is 79.9. The van der Waals surface area contributed by atoms with Crippen LogP contribution in [0, 0.1) is 5.41 Å². The van der Waals surface area contributed by atoms with Crippen molar-refractivity contribution in [1.29, 1.82) is 0 Å². The van der Waals surface area contributed by atoms with E-state index >= 15 is 0 Å². The molecule has 0 aliphatic carbocycles. The minimum atomic E-state index is -5.88. The highest BCUT2D eigenvalue weighted by Crippen LogP contribution is 2.30. The molecule has 0 aliphatic rings. The Morgan fingerprint density at radius 1 is 1.00 bits per heavy atom. The van der Waals surface area contributed by atoms with Gasteiger partial charge in [0.05, 0.1) is 0 Å². The van der Waals surface area contributed by atoms with E-state index in [0.29, 0.717) is 6.92 Å². The number of halogens is 6. The molecule has 0 heterocycles. The molecule has 3 unspecified atom stereocenters. The van der Waals surface area contributed by atoms with Crippen LogP contribution >= 0.6 is 63.7 Å². The zero-order valence-electron chi connectivity index (χ0n) is 15.4. The van der Waals surface area contributed by atoms with Crippen molar-refractivity contribution in [2.45, 2.75) is 34.9 Å². The van der Waals surface area contributed by atoms with E-state index in [1.165, 1.54) is 0 Å². The maximum Gasteiger partial charge on any atom is 0.405 e. The molecule has 0 aromatic rings. The Balaban J connectivity index is 5.55. The maximum absolute atomic E-state index is 13.7. The molecule has 0 aromatic carbocycles. The lowest BCUT2D eigenvalue weighted by atomic mass is 9.93. The van der Waals surface area contributed by atoms with Crippen LogP contribution in [0.2, 0.25) is 0 Å². The van der Waals surface area contributed by atoms with Gasteiger partial charge in [-0.25, -0.2) is 0 Å². The van der Waals surface area contributed by atoms with Crippen molar-refractivity contribution < 1.29 is 50.3 Å². The van der Waals surface area contributed by atoms with Gasteiger partial charge in [-0.3, -0.25) is 18.9 Å². The van der Waals surface area contributed by atoms with Crippen LogP contribution in [0.1, 0.15) is 13.8 Å². The molecule has 0 amide bonds. The van der Waals surface area contributed by atoms with E-state index in [0.717, 1.165) is 6.92 Å². The number of hydrogen-bond donors (Lipinski definition) is 1. The van der Waals surface area contributed by atoms with Crippen molar-refractivity contribution in [2.24, 2.45) is 5.41 Å². The summed E-state index contributed by atoms with van der Waals surface area (Å²) in [4.78, 5) is 34.6. The summed E-state index contributed by atoms with van der Waals surface area (Å²) >= 11 is 12.1. The Labute approximate surface area is 205 Å². The summed E-state index contributed by atoms with van der Waals surface area (Å²) in [5, 5.41) is -4.48. The minimum Gasteiger partial charge on any atom is -0.463 e. The second kappa shape index (κ2) is 12.4. The number of carbonyl (C=O) groups excluding carboxylic acids is 3. The van der Waals surface area contributed by atoms with Crippen molar-refractivity contribution in [3.8, 4) is 0 Å². The average molecular weight is 720 g/mol. The molecule has 9 nitrogen and oxygen atoms in total. The van der Waals surface area contributed by atoms with Gasteiger partial charge in [-0.2, -0.15) is 17.2 Å². The SMILES string of the molecule is CC(OC(=O)C(C)(COC(=O)C(Br)CBr)COC(=O)C(Br)CBr)C(F)(F)S(=O)(=O)O. The molecule has 0 fully saturated rings. The summed E-state index contributed by atoms with van der Waals surface area (Å²) in [6.07, 6.45) is -2.59. The molecule has 0 aromatic heterocycles. The molecule has 0 spiro atoms. The molecule has 0 radical (unpaired) electrons. The predicted molar refractivity (Wildman–Crippen MR) is 115 cm³/mol. The number of rotatable bonds is 12. The van der Waals surface area contributed by atoms with Crippen molar-refractivity contribution in [3.05, 3.63) is 0 Å². The quantitative estimate of drug-likeness (QED) is 0.140. The Bertz CT molecular complexity index is 709. The first-order valence-electron chi connectivity index (χ1n) is 7.82. The molecule has 0 saturated heterocycles. The third kappa shape index (κ3) is 8.56. The lowest BCUT2D eigenvalue weighted by Gasteiger charge is -2.30. The van der Waals surface area contributed by atoms with Crippen LogP contribution in [0.25, 0.3) is 0 Å². The van der Waals surface area contributed by atoms with Gasteiger partial charge in [-0.15, -0.1) is 0 Å². The van der Waals surface area contributed by atoms with E-state index in [-0.39, 0.29) is 10.7 Å². The fourth-order valence-electron chi connectivity index (χ4n) is 1.51. The van der Waals surface area contributed by atoms with E-state index in [1.54, 1.807) is 0 Å². The molecule has 16 heteroatoms. The van der Waals surface area contributed by atoms with E-state index in [1.807, 2.05) is 0 Å². The Kier molecular flexibility index (Phi) is 12.4. The van der Waals surface area contributed by atoms with Crippen molar-refractivity contribution in [1.82, 2.24) is 0 Å². The normalized spacial score (nSPS) is 17.2. The van der Waals surface area contributed by atoms with E-state index in [9.17, 15) is 31.6 Å². The van der Waals surface area contributed by atoms with Gasteiger partial charge >= 0.3 is 33.3 Å². The second-order valence-electron chi connectivity index (χ2n) is 6.10. The predicted octanol–water partition coefficient (Wildman–Crippen LogP) is 2.81. The first-order valence-corrected chi connectivity index (χ1v) is 13.3. The lowest BCUT2D eigenvalue weighted by molar-refractivity contribution is -0.181. The van der Waals surface area contributed by atoms with Crippen LogP contribution in [0.3, 0.4) is 0 Å². The summed E-state index contributed by atoms with van der Waals surface area (Å²) in [6.45, 7) is 0.169. The van der Waals surface area contributed by atoms with Gasteiger partial charge in [0.15, 0.2) is 6.10 Å². The highest BCUT2D eigenvalue weighted by molar-refractivity contribution is 9.12. The zero-order valence-corrected chi connectivity index (χ0v) is 22.6. The van der Waals surface area contributed by atoms with Gasteiger partial charge in [-0.05, 0) is 13.8 Å². The van der Waals surface area contributed by atoms with Crippen LogP contribution in [0.5, 0.6) is 0 Å². The number of ether oxygens (including phenoxy) is 3. The monoisotopic (exact) mass is 716 g/mol. The van der Waals surface area contributed by atoms with Crippen LogP contribution in [0.15, 0.2) is 0 Å². The van der Waals surface area contributed by atoms with Crippen molar-refractivity contribution in [3.63, 3.8) is 0 Å². The summed E-state index contributed by atoms with van der Waals surface area (Å²) in [6, 6.07) is 0. The number of hydrogen-bond acceptors (Lipinski definition) is 8. The van der Waals surface area contributed by atoms with Crippen LogP contribution in [-0.2, 0) is 38.7 Å². The maximum atomic E-state index is 13.7. The fraction of sp³-hybridized carbons (Fsp3) is 0.786. The first-order chi connectivity index (χ1) is 13.5. The van der Waals surface area contributed by atoms with Gasteiger partial charge in [-0.1, -0.05) is 63.7 Å². The molecule has 0 bridgehead atoms. The lowest BCUT2D eigenvalue weighted by Crippen LogP contribution is -2.47. The van der Waals surface area contributed by atoms with E-state index < -0.39 is 67.7 Å². The third-order valence-electron chi connectivity index (χ3n) is 3.44. The molecular weight excluding hydrogens is 702 g/mol. The van der Waals surface area contributed by atoms with E-state index in [2.05, 4.69) is 68.5 Å². The summed E-state index contributed by atoms with van der Waals surface area (Å²) in [7, 11) is -5.88. The molecule has 30 heavy (non-hydrogen) atoms. The Morgan fingerprint density at radius 2 is 1.37 bits per heavy atom. The van der Waals surface area contributed by atoms with Crippen LogP contribution in [0.4, 0.5) is 8.78 Å². The molecule has 176 valence electrons. The minimum absolute atomic E-state index is 0.163. The van der Waals surface area contributed by atoms with Gasteiger partial charge < -0.3 is 14.2 Å². The van der Waals surface area contributed by atoms with Gasteiger partial charge in [0.1, 0.15) is 28.3 Å². The largest absolute Gasteiger partial charge is 0.463 e. The molecule has 0 aliphatic heterocycles. The standard InChI is InChI=1S/C14H18Br4F2O9S/c1-7(14(19,20)30(24,25)26)29-12(23)13(2,5-27-10(21)8(17)3-15)6-28-11(22)9(18)4-16/h7-9H,3-6H2,1-2H3,(H,24,25,26). The topological polar surface area (TPSA) is 133 Å². The van der Waals surface area contributed by atoms with Gasteiger partial charge in [0.2, 0.25) is 0 Å². The zero-order chi connectivity index (χ0) is 23.9. The van der Waals surface area contributed by atoms with E-state index in [4.69, 9.17) is 14.0 Å². The molecule has 3 atom stereocenters. The van der Waals surface area contributed by atoms with Gasteiger partial charge in [0.25, 0.3) is 0 Å². The third-order valence-corrected chi connectivity index (χ3v) is 8.89. The second-order valence-corrected chi connectivity index (χ2v) is 11.1. The summed E-state index contributed by atoms with van der Waals surface area (Å²) in [5.74, 6) is -3.08. The molecular formula is C14H18Br4F2O9S. The average Bonchev–Trinajstić information content (AvgIpc) is 2.67. The number of esters is 3. The highest BCUT2D eigenvalue weighted by Gasteiger charge is 2.53. The Morgan fingerprint density at radius 3 is 1.67 bits per heavy atom. The number of alkyl halides is 6. The fourth-order valence-corrected chi connectivity index (χ4v) is 2.77. The van der Waals surface area contributed by atoms with Gasteiger partial charge in [0, 0.05) is 10.7 Å². The van der Waals surface area contributed by atoms with Crippen molar-refractivity contribution >= 4 is 91.7 Å². The molecule has 0 saturated carbocycles.